The van der Waals surface area contributed by atoms with E-state index >= 15 is 0 Å². The van der Waals surface area contributed by atoms with Crippen molar-refractivity contribution in [2.45, 2.75) is 57.8 Å². The number of rotatable bonds is 12. The molecule has 0 N–H and O–H groups in total. The van der Waals surface area contributed by atoms with Crippen LogP contribution >= 0.6 is 11.3 Å². The van der Waals surface area contributed by atoms with Gasteiger partial charge in [0.2, 0.25) is 0 Å². The smallest absolute Gasteiger partial charge is 0.160 e. The van der Waals surface area contributed by atoms with Crippen molar-refractivity contribution < 1.29 is 4.42 Å². The molecule has 0 aliphatic heterocycles. The molecule has 0 spiro atoms. The summed E-state index contributed by atoms with van der Waals surface area (Å²) < 4.78 is 11.3. The highest BCUT2D eigenvalue weighted by Crippen LogP contribution is 2.56. The van der Waals surface area contributed by atoms with Gasteiger partial charge in [-0.05, 0) is 123 Å². The van der Waals surface area contributed by atoms with Crippen LogP contribution in [0.25, 0.3) is 227 Å². The first kappa shape index (κ1) is 82.7. The third-order valence-electron chi connectivity index (χ3n) is 28.2. The van der Waals surface area contributed by atoms with Crippen LogP contribution in [0.5, 0.6) is 0 Å². The molecule has 9 heterocycles. The van der Waals surface area contributed by atoms with Gasteiger partial charge in [-0.2, -0.15) is 0 Å². The van der Waals surface area contributed by atoms with Crippen LogP contribution in [-0.2, 0) is 16.2 Å². The van der Waals surface area contributed by atoms with Crippen molar-refractivity contribution in [1.29, 1.82) is 0 Å². The number of pyridine rings is 3. The summed E-state index contributed by atoms with van der Waals surface area (Å²) >= 11 is 1.86. The van der Waals surface area contributed by atoms with Gasteiger partial charge in [-0.25, -0.2) is 29.9 Å². The average Bonchev–Trinajstić information content (AvgIpc) is 1.56. The second kappa shape index (κ2) is 33.2. The molecule has 0 radical (unpaired) electrons. The van der Waals surface area contributed by atoms with Gasteiger partial charge in [-0.1, -0.05) is 363 Å². The van der Waals surface area contributed by atoms with E-state index in [1.54, 1.807) is 6.20 Å². The predicted molar refractivity (Wildman–Crippen MR) is 566 cm³/mol. The molecule has 0 saturated heterocycles. The Kier molecular flexibility index (Phi) is 19.9. The maximum Gasteiger partial charge on any atom is 0.160 e. The minimum atomic E-state index is -0.252. The van der Waals surface area contributed by atoms with Crippen LogP contribution < -0.4 is 0 Å². The van der Waals surface area contributed by atoms with E-state index in [2.05, 4.69) is 407 Å². The van der Waals surface area contributed by atoms with Gasteiger partial charge in [0.15, 0.2) is 17.5 Å². The van der Waals surface area contributed by atoms with Crippen molar-refractivity contribution in [2.24, 2.45) is 0 Å². The fourth-order valence-corrected chi connectivity index (χ4v) is 22.7. The second-order valence-corrected chi connectivity index (χ2v) is 38.5. The van der Waals surface area contributed by atoms with Crippen molar-refractivity contribution >= 4 is 75.3 Å². The first-order valence-corrected chi connectivity index (χ1v) is 47.7. The largest absolute Gasteiger partial charge is 0.455 e. The summed E-state index contributed by atoms with van der Waals surface area (Å²) in [6.45, 7) is 13.7. The predicted octanol–water partition coefficient (Wildman–Crippen LogP) is 32.2. The van der Waals surface area contributed by atoms with Gasteiger partial charge in [-0.15, -0.1) is 11.3 Å². The zero-order valence-electron chi connectivity index (χ0n) is 76.7. The number of para-hydroxylation sites is 4. The Hall–Kier alpha value is -17.2. The second-order valence-electron chi connectivity index (χ2n) is 37.4. The normalized spacial score (nSPS) is 13.2. The lowest BCUT2D eigenvalue weighted by atomic mass is 9.80. The van der Waals surface area contributed by atoms with Crippen molar-refractivity contribution in [3.05, 3.63) is 459 Å². The summed E-state index contributed by atoms with van der Waals surface area (Å²) in [6, 6.07) is 141. The maximum atomic E-state index is 6.39. The molecule has 0 amide bonds. The summed E-state index contributed by atoms with van der Waals surface area (Å²) in [5.41, 5.74) is 38.3. The number of thiophene rings is 1. The molecule has 15 aromatic carbocycles. The Balaban J connectivity index is 0.000000110. The van der Waals surface area contributed by atoms with Crippen LogP contribution in [0, 0.1) is 0 Å². The van der Waals surface area contributed by atoms with E-state index in [0.29, 0.717) is 5.82 Å². The van der Waals surface area contributed by atoms with Gasteiger partial charge < -0.3 is 8.98 Å². The van der Waals surface area contributed by atoms with Crippen molar-refractivity contribution in [3.63, 3.8) is 0 Å². The van der Waals surface area contributed by atoms with E-state index in [1.807, 2.05) is 84.5 Å². The Bertz CT molecular complexity index is 8560. The van der Waals surface area contributed by atoms with E-state index < -0.39 is 0 Å². The van der Waals surface area contributed by atoms with E-state index in [0.717, 1.165) is 157 Å². The summed E-state index contributed by atoms with van der Waals surface area (Å²) in [5, 5.41) is 7.33. The van der Waals surface area contributed by atoms with Gasteiger partial charge in [0, 0.05) is 172 Å². The molecule has 11 nitrogen and oxygen atoms in total. The number of hydrogen-bond acceptors (Lipinski definition) is 11. The maximum absolute atomic E-state index is 6.39. The lowest BCUT2D eigenvalue weighted by Gasteiger charge is -2.24. The average molecular weight is 1790 g/mol. The highest BCUT2D eigenvalue weighted by atomic mass is 32.1. The molecule has 27 rings (SSSR count). The van der Waals surface area contributed by atoms with Crippen LogP contribution in [-0.4, -0.2) is 49.4 Å². The number of aromatic nitrogens is 10. The molecule has 0 unspecified atom stereocenters. The Morgan fingerprint density at radius 1 is 0.254 bits per heavy atom. The molecule has 12 heteroatoms. The molecular formula is C126H88N10OS. The lowest BCUT2D eigenvalue weighted by molar-refractivity contribution is 0.657. The zero-order chi connectivity index (χ0) is 92.5. The molecule has 0 atom stereocenters. The first-order valence-electron chi connectivity index (χ1n) is 46.9. The van der Waals surface area contributed by atoms with Crippen molar-refractivity contribution in [1.82, 2.24) is 49.4 Å². The summed E-state index contributed by atoms with van der Waals surface area (Å²) in [7, 11) is 0. The Morgan fingerprint density at radius 2 is 0.630 bits per heavy atom. The van der Waals surface area contributed by atoms with Crippen LogP contribution in [0.2, 0.25) is 0 Å². The molecule has 654 valence electrons. The first-order chi connectivity index (χ1) is 67.7. The molecule has 3 aliphatic rings. The van der Waals surface area contributed by atoms with Gasteiger partial charge >= 0.3 is 0 Å². The van der Waals surface area contributed by atoms with E-state index in [1.165, 1.54) is 97.6 Å². The third kappa shape index (κ3) is 14.0. The number of furan rings is 1. The third-order valence-corrected chi connectivity index (χ3v) is 29.4. The van der Waals surface area contributed by atoms with Crippen LogP contribution in [0.1, 0.15) is 74.9 Å². The molecular weight excluding hydrogens is 1700 g/mol. The van der Waals surface area contributed by atoms with Crippen LogP contribution in [0.4, 0.5) is 0 Å². The van der Waals surface area contributed by atoms with E-state index in [9.17, 15) is 0 Å². The molecule has 3 aliphatic carbocycles. The SMILES string of the molecule is CC1(C)c2ccccc2-c2nc(-c3cccc(-c4cccc5c4oc4ccccc45)c3)nc(-c3ccc(-c4ccccn4)cc3)c21.CC1(C)c2ccccc2-c2nc(-c3cccc(-c4cccc5c4sc4ccccc45)c3)nc(-c3ccc(-c4ccccn4)cc3)c21.CC1(C)c2ccccc2-c2nc(-c3cccc(-n4c5ccccc5c5ccccc54)c3)nc(-c3ccc(-c4cccnc4)cc3)c21. The summed E-state index contributed by atoms with van der Waals surface area (Å²) in [4.78, 5) is 45.5. The van der Waals surface area contributed by atoms with Gasteiger partial charge in [0.1, 0.15) is 11.2 Å². The van der Waals surface area contributed by atoms with Crippen LogP contribution in [0.3, 0.4) is 0 Å². The molecule has 24 aromatic rings. The topological polar surface area (TPSA) is 134 Å². The molecule has 0 bridgehead atoms. The monoisotopic (exact) mass is 1790 g/mol. The number of hydrogen-bond donors (Lipinski definition) is 0. The highest BCUT2D eigenvalue weighted by Gasteiger charge is 2.44. The lowest BCUT2D eigenvalue weighted by Crippen LogP contribution is -2.17. The fraction of sp³-hybridized carbons (Fsp3) is 0.0714. The van der Waals surface area contributed by atoms with Gasteiger partial charge in [0.25, 0.3) is 0 Å². The van der Waals surface area contributed by atoms with E-state index in [4.69, 9.17) is 34.3 Å². The molecule has 0 fully saturated rings. The minimum Gasteiger partial charge on any atom is -0.455 e. The number of fused-ring (bicyclic) bond motifs is 18. The molecule has 9 aromatic heterocycles. The number of nitrogens with zero attached hydrogens (tertiary/aromatic N) is 10. The molecule has 0 saturated carbocycles. The Morgan fingerprint density at radius 3 is 1.13 bits per heavy atom. The standard InChI is InChI=1S/C42H30N4.C42H29N3O.C42H29N3S/c1-42(2)35-17-6-3-16-34(35)40-38(42)39(28-22-20-27(21-23-28)30-12-10-24-43-26-30)44-41(45-40)29-11-9-13-31(25-29)46-36-18-7-4-14-32(36)33-15-5-8-19-37(33)46;2*1-42(2)34-17-5-3-14-33(34)39-37(42)38(27-22-20-26(21-23-27)35-18-7-8-24-43-35)44-41(45-39)29-12-9-11-28(25-29)30-15-10-16-32-31-13-4-6-19-36(31)46-40(30)32/h3-26H,1-2H3;2*3-25H,1-2H3. The molecule has 138 heavy (non-hydrogen) atoms. The zero-order valence-corrected chi connectivity index (χ0v) is 77.5. The van der Waals surface area contributed by atoms with E-state index in [-0.39, 0.29) is 16.2 Å². The fourth-order valence-electron chi connectivity index (χ4n) is 21.5. The summed E-state index contributed by atoms with van der Waals surface area (Å²) in [6.07, 6.45) is 7.37. The quantitative estimate of drug-likeness (QED) is 0.116. The van der Waals surface area contributed by atoms with Crippen LogP contribution in [0.15, 0.2) is 430 Å². The Labute approximate surface area is 803 Å². The van der Waals surface area contributed by atoms with Gasteiger partial charge in [0.05, 0.1) is 56.6 Å². The summed E-state index contributed by atoms with van der Waals surface area (Å²) in [5.74, 6) is 2.16. The number of benzene rings is 15. The van der Waals surface area contributed by atoms with Gasteiger partial charge in [-0.3, -0.25) is 15.0 Å². The highest BCUT2D eigenvalue weighted by molar-refractivity contribution is 7.26. The minimum absolute atomic E-state index is 0.238. The van der Waals surface area contributed by atoms with Crippen molar-refractivity contribution in [2.75, 3.05) is 0 Å². The van der Waals surface area contributed by atoms with Crippen molar-refractivity contribution in [3.8, 4) is 163 Å².